The lowest BCUT2D eigenvalue weighted by Crippen LogP contribution is -2.46. The van der Waals surface area contributed by atoms with Gasteiger partial charge in [0.25, 0.3) is 0 Å². The molecule has 360 valence electrons. The van der Waals surface area contributed by atoms with Crippen molar-refractivity contribution in [2.24, 2.45) is 0 Å². The minimum Gasteiger partial charge on any atom is -0.462 e. The number of carbonyl (C=O) groups excluding carboxylic acids is 2. The number of carbonyl (C=O) groups is 2. The van der Waals surface area contributed by atoms with E-state index in [1.807, 2.05) is 0 Å². The summed E-state index contributed by atoms with van der Waals surface area (Å²) in [5.41, 5.74) is 0. The van der Waals surface area contributed by atoms with E-state index in [1.54, 1.807) is 0 Å². The van der Waals surface area contributed by atoms with Crippen molar-refractivity contribution in [1.82, 2.24) is 5.32 Å². The van der Waals surface area contributed by atoms with Crippen LogP contribution >= 0.6 is 0 Å². The summed E-state index contributed by atoms with van der Waals surface area (Å²) < 4.78 is 5.94. The highest BCUT2D eigenvalue weighted by Crippen LogP contribution is 2.18. The molecule has 3 unspecified atom stereocenters. The van der Waals surface area contributed by atoms with Crippen molar-refractivity contribution in [3.63, 3.8) is 0 Å². The number of hydrogen-bond donors (Lipinski definition) is 3. The molecular weight excluding hydrogens is 755 g/mol. The third-order valence-electron chi connectivity index (χ3n) is 12.5. The Hall–Kier alpha value is -1.66. The van der Waals surface area contributed by atoms with Gasteiger partial charge < -0.3 is 20.3 Å². The molecule has 61 heavy (non-hydrogen) atoms. The van der Waals surface area contributed by atoms with E-state index in [2.05, 4.69) is 50.4 Å². The topological polar surface area (TPSA) is 95.9 Å². The van der Waals surface area contributed by atoms with Gasteiger partial charge in [-0.1, -0.05) is 225 Å². The minimum atomic E-state index is -0.787. The van der Waals surface area contributed by atoms with Crippen LogP contribution in [0.25, 0.3) is 0 Å². The lowest BCUT2D eigenvalue weighted by Gasteiger charge is -2.24. The van der Waals surface area contributed by atoms with Crippen molar-refractivity contribution in [2.45, 2.75) is 309 Å². The quantitative estimate of drug-likeness (QED) is 0.0322. The molecule has 3 N–H and O–H groups in total. The Labute approximate surface area is 380 Å². The average Bonchev–Trinajstić information content (AvgIpc) is 3.25. The van der Waals surface area contributed by atoms with E-state index in [9.17, 15) is 19.8 Å². The predicted octanol–water partition coefficient (Wildman–Crippen LogP) is 16.3. The molecular formula is C55H105NO5. The lowest BCUT2D eigenvalue weighted by molar-refractivity contribution is -0.151. The van der Waals surface area contributed by atoms with Crippen LogP contribution in [-0.4, -0.2) is 46.9 Å². The molecule has 6 nitrogen and oxygen atoms in total. The Morgan fingerprint density at radius 1 is 0.459 bits per heavy atom. The summed E-state index contributed by atoms with van der Waals surface area (Å²) in [6.07, 6.45) is 56.6. The van der Waals surface area contributed by atoms with E-state index in [-0.39, 0.29) is 24.9 Å². The van der Waals surface area contributed by atoms with E-state index in [4.69, 9.17) is 4.74 Å². The van der Waals surface area contributed by atoms with E-state index in [0.29, 0.717) is 19.3 Å². The fourth-order valence-electron chi connectivity index (χ4n) is 8.36. The van der Waals surface area contributed by atoms with Crippen LogP contribution in [0.15, 0.2) is 24.3 Å². The molecule has 0 rings (SSSR count). The monoisotopic (exact) mass is 860 g/mol. The molecule has 0 aromatic heterocycles. The van der Waals surface area contributed by atoms with Crippen molar-refractivity contribution in [3.05, 3.63) is 24.3 Å². The molecule has 0 saturated carbocycles. The van der Waals surface area contributed by atoms with Crippen molar-refractivity contribution in [3.8, 4) is 0 Å². The zero-order valence-corrected chi connectivity index (χ0v) is 41.1. The standard InChI is InChI=1S/C55H105NO5/c1-4-7-10-13-16-19-22-25-27-30-33-36-39-42-45-48-55(60)61-51(46-43-40-37-34-31-28-24-21-18-15-12-9-6-3)49-54(59)56-52(50-57)53(58)47-44-41-38-35-32-29-26-23-20-17-14-11-8-5-2/h19,21-22,24,51-53,57-58H,4-18,20,23,25-50H2,1-3H3,(H,56,59)/b22-19-,24-21-. The highest BCUT2D eigenvalue weighted by atomic mass is 16.5. The second kappa shape index (κ2) is 49.4. The number of aliphatic hydroxyl groups excluding tert-OH is 2. The number of esters is 1. The smallest absolute Gasteiger partial charge is 0.306 e. The molecule has 1 amide bonds. The summed E-state index contributed by atoms with van der Waals surface area (Å²) in [5, 5.41) is 23.8. The van der Waals surface area contributed by atoms with Gasteiger partial charge >= 0.3 is 5.97 Å². The van der Waals surface area contributed by atoms with Gasteiger partial charge in [-0.25, -0.2) is 0 Å². The van der Waals surface area contributed by atoms with Gasteiger partial charge in [0.05, 0.1) is 25.2 Å². The van der Waals surface area contributed by atoms with Crippen LogP contribution in [0.1, 0.15) is 290 Å². The molecule has 0 aromatic carbocycles. The highest BCUT2D eigenvalue weighted by molar-refractivity contribution is 5.77. The molecule has 0 aliphatic carbocycles. The second-order valence-electron chi connectivity index (χ2n) is 18.6. The van der Waals surface area contributed by atoms with E-state index in [1.165, 1.54) is 186 Å². The number of nitrogens with one attached hydrogen (secondary N) is 1. The molecule has 0 saturated heterocycles. The first kappa shape index (κ1) is 59.3. The molecule has 0 spiro atoms. The Morgan fingerprint density at radius 2 is 0.787 bits per heavy atom. The van der Waals surface area contributed by atoms with Gasteiger partial charge in [0.2, 0.25) is 5.91 Å². The summed E-state index contributed by atoms with van der Waals surface area (Å²) in [4.78, 5) is 26.2. The largest absolute Gasteiger partial charge is 0.462 e. The summed E-state index contributed by atoms with van der Waals surface area (Å²) in [7, 11) is 0. The Kier molecular flexibility index (Phi) is 48.0. The van der Waals surface area contributed by atoms with Gasteiger partial charge in [-0.05, 0) is 77.0 Å². The lowest BCUT2D eigenvalue weighted by atomic mass is 10.0. The molecule has 0 bridgehead atoms. The first-order valence-electron chi connectivity index (χ1n) is 27.1. The first-order chi connectivity index (χ1) is 30.0. The first-order valence-corrected chi connectivity index (χ1v) is 27.1. The maximum absolute atomic E-state index is 13.2. The Morgan fingerprint density at radius 3 is 1.18 bits per heavy atom. The SMILES string of the molecule is CCCCCC/C=C\CCCCCCCCCC(=O)OC(CCCCCCC/C=C\CCCCCC)CC(=O)NC(CO)C(O)CCCCCCCCCCCCCCCC. The van der Waals surface area contributed by atoms with Crippen molar-refractivity contribution >= 4 is 11.9 Å². The van der Waals surface area contributed by atoms with Crippen LogP contribution in [-0.2, 0) is 14.3 Å². The molecule has 0 fully saturated rings. The van der Waals surface area contributed by atoms with Gasteiger partial charge in [-0.3, -0.25) is 9.59 Å². The molecule has 6 heteroatoms. The molecule has 0 aromatic rings. The summed E-state index contributed by atoms with van der Waals surface area (Å²) in [6, 6.07) is -0.701. The molecule has 0 heterocycles. The second-order valence-corrected chi connectivity index (χ2v) is 18.6. The van der Waals surface area contributed by atoms with Crippen molar-refractivity contribution in [2.75, 3.05) is 6.61 Å². The maximum Gasteiger partial charge on any atom is 0.306 e. The highest BCUT2D eigenvalue weighted by Gasteiger charge is 2.24. The molecule has 3 atom stereocenters. The summed E-state index contributed by atoms with van der Waals surface area (Å²) >= 11 is 0. The number of rotatable bonds is 49. The number of unbranched alkanes of at least 4 members (excludes halogenated alkanes) is 33. The van der Waals surface area contributed by atoms with Gasteiger partial charge in [0, 0.05) is 6.42 Å². The van der Waals surface area contributed by atoms with Gasteiger partial charge in [0.1, 0.15) is 6.10 Å². The van der Waals surface area contributed by atoms with E-state index in [0.717, 1.165) is 57.8 Å². The summed E-state index contributed by atoms with van der Waals surface area (Å²) in [5.74, 6) is -0.474. The number of ether oxygens (including phenoxy) is 1. The fraction of sp³-hybridized carbons (Fsp3) is 0.891. The predicted molar refractivity (Wildman–Crippen MR) is 264 cm³/mol. The fourth-order valence-corrected chi connectivity index (χ4v) is 8.36. The van der Waals surface area contributed by atoms with Gasteiger partial charge in [-0.15, -0.1) is 0 Å². The van der Waals surface area contributed by atoms with E-state index < -0.39 is 18.2 Å². The van der Waals surface area contributed by atoms with Gasteiger partial charge in [0.15, 0.2) is 0 Å². The number of amides is 1. The van der Waals surface area contributed by atoms with Crippen molar-refractivity contribution < 1.29 is 24.5 Å². The average molecular weight is 860 g/mol. The van der Waals surface area contributed by atoms with Crippen LogP contribution < -0.4 is 5.32 Å². The number of allylic oxidation sites excluding steroid dienone is 4. The summed E-state index contributed by atoms with van der Waals surface area (Å²) in [6.45, 7) is 6.48. The number of hydrogen-bond acceptors (Lipinski definition) is 5. The minimum absolute atomic E-state index is 0.0743. The maximum atomic E-state index is 13.2. The zero-order chi connectivity index (χ0) is 44.5. The normalized spacial score (nSPS) is 13.3. The molecule has 0 aliphatic rings. The van der Waals surface area contributed by atoms with Crippen LogP contribution in [0.5, 0.6) is 0 Å². The van der Waals surface area contributed by atoms with Crippen LogP contribution in [0.2, 0.25) is 0 Å². The van der Waals surface area contributed by atoms with Crippen LogP contribution in [0.4, 0.5) is 0 Å². The zero-order valence-electron chi connectivity index (χ0n) is 41.1. The van der Waals surface area contributed by atoms with Crippen molar-refractivity contribution in [1.29, 1.82) is 0 Å². The molecule has 0 aliphatic heterocycles. The number of aliphatic hydroxyl groups is 2. The Balaban J connectivity index is 4.54. The van der Waals surface area contributed by atoms with Crippen LogP contribution in [0, 0.1) is 0 Å². The third kappa shape index (κ3) is 44.7. The third-order valence-corrected chi connectivity index (χ3v) is 12.5. The van der Waals surface area contributed by atoms with Crippen LogP contribution in [0.3, 0.4) is 0 Å². The Bertz CT molecular complexity index is 966. The van der Waals surface area contributed by atoms with E-state index >= 15 is 0 Å². The molecule has 0 radical (unpaired) electrons. The van der Waals surface area contributed by atoms with Gasteiger partial charge in [-0.2, -0.15) is 0 Å².